The SMILES string of the molecule is O=C(c1ccccn1)N1CCN(C(=O)N2C[C@H]3C[C@H](C2)[C@H]2CCCC(=O)N2C3)CC1. The number of fused-ring (bicyclic) bond motifs is 4. The number of aromatic nitrogens is 1. The van der Waals surface area contributed by atoms with Crippen LogP contribution in [-0.2, 0) is 4.79 Å². The molecular formula is C22H29N5O3. The molecule has 0 unspecified atom stereocenters. The molecule has 0 saturated carbocycles. The fourth-order valence-corrected chi connectivity index (χ4v) is 5.72. The Morgan fingerprint density at radius 1 is 0.967 bits per heavy atom. The Hall–Kier alpha value is -2.64. The van der Waals surface area contributed by atoms with Crippen LogP contribution in [0.15, 0.2) is 24.4 Å². The summed E-state index contributed by atoms with van der Waals surface area (Å²) in [6.07, 6.45) is 5.48. The van der Waals surface area contributed by atoms with Gasteiger partial charge in [0.05, 0.1) is 0 Å². The monoisotopic (exact) mass is 411 g/mol. The molecule has 2 bridgehead atoms. The van der Waals surface area contributed by atoms with Crippen molar-refractivity contribution in [1.82, 2.24) is 24.6 Å². The van der Waals surface area contributed by atoms with Crippen LogP contribution in [0.5, 0.6) is 0 Å². The number of likely N-dealkylation sites (tertiary alicyclic amines) is 1. The first kappa shape index (κ1) is 19.3. The normalized spacial score (nSPS) is 28.9. The van der Waals surface area contributed by atoms with E-state index in [1.807, 2.05) is 15.9 Å². The predicted octanol–water partition coefficient (Wildman–Crippen LogP) is 1.29. The van der Waals surface area contributed by atoms with Crippen LogP contribution < -0.4 is 0 Å². The number of hydrogen-bond acceptors (Lipinski definition) is 4. The standard InChI is InChI=1S/C22H29N5O3/c28-20-6-3-5-19-17-12-16(14-27(19)20)13-26(15-17)22(30)25-10-8-24(9-11-25)21(29)18-4-1-2-7-23-18/h1-2,4,7,16-17,19H,3,5-6,8-15H2/t16-,17-,19-/m1/s1. The van der Waals surface area contributed by atoms with Crippen molar-refractivity contribution in [2.45, 2.75) is 31.7 Å². The summed E-state index contributed by atoms with van der Waals surface area (Å²) in [6, 6.07) is 5.74. The minimum Gasteiger partial charge on any atom is -0.339 e. The zero-order valence-electron chi connectivity index (χ0n) is 17.3. The number of pyridine rings is 1. The maximum absolute atomic E-state index is 13.2. The van der Waals surface area contributed by atoms with Gasteiger partial charge in [0.25, 0.3) is 5.91 Å². The van der Waals surface area contributed by atoms with Gasteiger partial charge in [-0.3, -0.25) is 14.6 Å². The summed E-state index contributed by atoms with van der Waals surface area (Å²) >= 11 is 0. The molecule has 4 saturated heterocycles. The minimum absolute atomic E-state index is 0.0720. The van der Waals surface area contributed by atoms with Crippen molar-refractivity contribution >= 4 is 17.8 Å². The lowest BCUT2D eigenvalue weighted by molar-refractivity contribution is -0.144. The van der Waals surface area contributed by atoms with E-state index in [1.165, 1.54) is 0 Å². The van der Waals surface area contributed by atoms with Gasteiger partial charge in [0, 0.05) is 64.5 Å². The smallest absolute Gasteiger partial charge is 0.320 e. The summed E-state index contributed by atoms with van der Waals surface area (Å²) in [4.78, 5) is 50.0. The molecule has 5 heterocycles. The van der Waals surface area contributed by atoms with Gasteiger partial charge >= 0.3 is 6.03 Å². The number of carbonyl (C=O) groups excluding carboxylic acids is 3. The van der Waals surface area contributed by atoms with Crippen molar-refractivity contribution in [3.05, 3.63) is 30.1 Å². The largest absolute Gasteiger partial charge is 0.339 e. The number of hydrogen-bond donors (Lipinski definition) is 0. The number of amides is 4. The third kappa shape index (κ3) is 3.52. The second-order valence-corrected chi connectivity index (χ2v) is 9.05. The molecule has 4 aliphatic rings. The Labute approximate surface area is 176 Å². The van der Waals surface area contributed by atoms with Crippen molar-refractivity contribution in [3.8, 4) is 0 Å². The highest BCUT2D eigenvalue weighted by molar-refractivity contribution is 5.92. The van der Waals surface area contributed by atoms with Crippen molar-refractivity contribution in [2.24, 2.45) is 11.8 Å². The number of rotatable bonds is 1. The summed E-state index contributed by atoms with van der Waals surface area (Å²) in [7, 11) is 0. The molecule has 8 heteroatoms. The fourth-order valence-electron chi connectivity index (χ4n) is 5.72. The number of carbonyl (C=O) groups is 3. The van der Waals surface area contributed by atoms with Crippen LogP contribution >= 0.6 is 0 Å². The number of piperidine rings is 3. The quantitative estimate of drug-likeness (QED) is 0.698. The first-order valence-corrected chi connectivity index (χ1v) is 11.1. The zero-order valence-corrected chi connectivity index (χ0v) is 17.3. The summed E-state index contributed by atoms with van der Waals surface area (Å²) in [5, 5.41) is 0. The highest BCUT2D eigenvalue weighted by Gasteiger charge is 2.45. The Bertz CT molecular complexity index is 823. The van der Waals surface area contributed by atoms with Crippen molar-refractivity contribution in [2.75, 3.05) is 45.8 Å². The van der Waals surface area contributed by atoms with Gasteiger partial charge in [0.2, 0.25) is 5.91 Å². The fraction of sp³-hybridized carbons (Fsp3) is 0.636. The Morgan fingerprint density at radius 2 is 1.77 bits per heavy atom. The van der Waals surface area contributed by atoms with E-state index in [2.05, 4.69) is 9.88 Å². The molecule has 4 fully saturated rings. The molecule has 4 amide bonds. The molecule has 3 atom stereocenters. The van der Waals surface area contributed by atoms with Crippen LogP contribution in [0.25, 0.3) is 0 Å². The molecule has 0 radical (unpaired) electrons. The van der Waals surface area contributed by atoms with E-state index in [-0.39, 0.29) is 11.9 Å². The number of urea groups is 1. The van der Waals surface area contributed by atoms with Gasteiger partial charge in [-0.15, -0.1) is 0 Å². The van der Waals surface area contributed by atoms with Gasteiger partial charge in [-0.1, -0.05) is 6.07 Å². The van der Waals surface area contributed by atoms with Crippen LogP contribution in [0.4, 0.5) is 4.79 Å². The van der Waals surface area contributed by atoms with Crippen molar-refractivity contribution < 1.29 is 14.4 Å². The summed E-state index contributed by atoms with van der Waals surface area (Å²) in [5.74, 6) is 1.02. The number of piperazine rings is 1. The third-order valence-electron chi connectivity index (χ3n) is 7.17. The van der Waals surface area contributed by atoms with Crippen molar-refractivity contribution in [3.63, 3.8) is 0 Å². The second-order valence-electron chi connectivity index (χ2n) is 9.05. The highest BCUT2D eigenvalue weighted by atomic mass is 16.2. The molecule has 160 valence electrons. The topological polar surface area (TPSA) is 77.1 Å². The third-order valence-corrected chi connectivity index (χ3v) is 7.17. The molecule has 4 aliphatic heterocycles. The van der Waals surface area contributed by atoms with Gasteiger partial charge in [-0.05, 0) is 43.2 Å². The lowest BCUT2D eigenvalue weighted by atomic mass is 9.76. The van der Waals surface area contributed by atoms with Crippen LogP contribution in [0.3, 0.4) is 0 Å². The van der Waals surface area contributed by atoms with Crippen molar-refractivity contribution in [1.29, 1.82) is 0 Å². The molecule has 8 nitrogen and oxygen atoms in total. The Balaban J connectivity index is 1.19. The molecule has 0 spiro atoms. The Kier molecular flexibility index (Phi) is 5.08. The average molecular weight is 412 g/mol. The van der Waals surface area contributed by atoms with E-state index >= 15 is 0 Å². The molecule has 0 aromatic carbocycles. The zero-order chi connectivity index (χ0) is 20.7. The molecule has 0 N–H and O–H groups in total. The number of nitrogens with zero attached hydrogens (tertiary/aromatic N) is 5. The summed E-state index contributed by atoms with van der Waals surface area (Å²) in [6.45, 7) is 4.46. The average Bonchev–Trinajstić information content (AvgIpc) is 2.79. The first-order valence-electron chi connectivity index (χ1n) is 11.1. The summed E-state index contributed by atoms with van der Waals surface area (Å²) < 4.78 is 0. The minimum atomic E-state index is -0.0720. The van der Waals surface area contributed by atoms with E-state index in [9.17, 15) is 14.4 Å². The molecule has 0 aliphatic carbocycles. The Morgan fingerprint density at radius 3 is 2.53 bits per heavy atom. The highest BCUT2D eigenvalue weighted by Crippen LogP contribution is 2.38. The lowest BCUT2D eigenvalue weighted by Crippen LogP contribution is -2.63. The molecule has 1 aromatic rings. The first-order chi connectivity index (χ1) is 14.6. The maximum Gasteiger partial charge on any atom is 0.320 e. The van der Waals surface area contributed by atoms with Crippen LogP contribution in [0.1, 0.15) is 36.2 Å². The molecule has 5 rings (SSSR count). The van der Waals surface area contributed by atoms with E-state index < -0.39 is 0 Å². The van der Waals surface area contributed by atoms with Gasteiger partial charge < -0.3 is 19.6 Å². The predicted molar refractivity (Wildman–Crippen MR) is 110 cm³/mol. The van der Waals surface area contributed by atoms with Gasteiger partial charge in [0.15, 0.2) is 0 Å². The van der Waals surface area contributed by atoms with Gasteiger partial charge in [0.1, 0.15) is 5.69 Å². The molecule has 30 heavy (non-hydrogen) atoms. The summed E-state index contributed by atoms with van der Waals surface area (Å²) in [5.41, 5.74) is 0.452. The maximum atomic E-state index is 13.2. The van der Waals surface area contributed by atoms with E-state index in [0.717, 1.165) is 38.9 Å². The molecular weight excluding hydrogens is 382 g/mol. The second kappa shape index (κ2) is 7.89. The van der Waals surface area contributed by atoms with E-state index in [4.69, 9.17) is 0 Å². The van der Waals surface area contributed by atoms with Crippen LogP contribution in [0, 0.1) is 11.8 Å². The van der Waals surface area contributed by atoms with Crippen LogP contribution in [-0.4, -0.2) is 94.3 Å². The van der Waals surface area contributed by atoms with E-state index in [1.54, 1.807) is 23.2 Å². The van der Waals surface area contributed by atoms with Gasteiger partial charge in [-0.2, -0.15) is 0 Å². The molecule has 1 aromatic heterocycles. The van der Waals surface area contributed by atoms with Crippen LogP contribution in [0.2, 0.25) is 0 Å². The van der Waals surface area contributed by atoms with Gasteiger partial charge in [-0.25, -0.2) is 4.79 Å². The lowest BCUT2D eigenvalue weighted by Gasteiger charge is -2.53. The van der Waals surface area contributed by atoms with E-state index in [0.29, 0.717) is 62.1 Å².